The van der Waals surface area contributed by atoms with Crippen LogP contribution in [0.15, 0.2) is 53.9 Å². The van der Waals surface area contributed by atoms with Gasteiger partial charge in [-0.2, -0.15) is 0 Å². The molecule has 0 aliphatic carbocycles. The molecule has 0 bridgehead atoms. The fraction of sp³-hybridized carbons (Fsp3) is 0.478. The summed E-state index contributed by atoms with van der Waals surface area (Å²) in [7, 11) is 0. The van der Waals surface area contributed by atoms with E-state index in [1.807, 2.05) is 11.8 Å². The normalized spacial score (nSPS) is 12.5. The molecule has 1 nitrogen and oxygen atoms in total. The highest BCUT2D eigenvalue weighted by molar-refractivity contribution is 7.99. The van der Waals surface area contributed by atoms with Gasteiger partial charge in [-0.25, -0.2) is 0 Å². The molecule has 1 atom stereocenters. The third-order valence-corrected chi connectivity index (χ3v) is 5.86. The topological polar surface area (TPSA) is 9.23 Å². The Kier molecular flexibility index (Phi) is 8.40. The Morgan fingerprint density at radius 2 is 1.84 bits per heavy atom. The zero-order valence-electron chi connectivity index (χ0n) is 16.0. The summed E-state index contributed by atoms with van der Waals surface area (Å²) in [4.78, 5) is 1.36. The first-order valence-corrected chi connectivity index (χ1v) is 10.6. The maximum Gasteiger partial charge on any atom is 0.127 e. The molecule has 0 fully saturated rings. The molecule has 0 heterocycles. The van der Waals surface area contributed by atoms with Gasteiger partial charge in [0.1, 0.15) is 5.75 Å². The van der Waals surface area contributed by atoms with Gasteiger partial charge in [0.25, 0.3) is 0 Å². The number of hydrogen-bond acceptors (Lipinski definition) is 2. The number of ether oxygens (including phenoxy) is 1. The van der Waals surface area contributed by atoms with Crippen molar-refractivity contribution in [1.82, 2.24) is 0 Å². The van der Waals surface area contributed by atoms with Crippen LogP contribution in [0.5, 0.6) is 5.75 Å². The van der Waals surface area contributed by atoms with Gasteiger partial charge in [-0.3, -0.25) is 0 Å². The molecule has 0 amide bonds. The van der Waals surface area contributed by atoms with Crippen molar-refractivity contribution in [3.63, 3.8) is 0 Å². The Morgan fingerprint density at radius 3 is 2.52 bits per heavy atom. The van der Waals surface area contributed by atoms with E-state index in [4.69, 9.17) is 4.74 Å². The lowest BCUT2D eigenvalue weighted by Gasteiger charge is -2.16. The standard InChI is InChI=1S/C23H32OS/c1-5-7-16-24-22-14-15-23(21-13-9-8-12-20(21)22)25-17-10-11-19(6-2)18(3)4/h6,8-9,12-15,18-19H,2,5,7,10-11,16-17H2,1,3-4H3. The van der Waals surface area contributed by atoms with Crippen LogP contribution in [0.2, 0.25) is 0 Å². The van der Waals surface area contributed by atoms with E-state index in [2.05, 4.69) is 69.8 Å². The summed E-state index contributed by atoms with van der Waals surface area (Å²) in [6.07, 6.45) is 6.83. The highest BCUT2D eigenvalue weighted by Crippen LogP contribution is 2.34. The van der Waals surface area contributed by atoms with Crippen molar-refractivity contribution in [1.29, 1.82) is 0 Å². The van der Waals surface area contributed by atoms with Gasteiger partial charge in [0.05, 0.1) is 6.61 Å². The molecule has 1 unspecified atom stereocenters. The fourth-order valence-electron chi connectivity index (χ4n) is 3.05. The summed E-state index contributed by atoms with van der Waals surface area (Å²) in [5.41, 5.74) is 0. The van der Waals surface area contributed by atoms with Gasteiger partial charge in [0.15, 0.2) is 0 Å². The van der Waals surface area contributed by atoms with E-state index in [-0.39, 0.29) is 0 Å². The number of hydrogen-bond donors (Lipinski definition) is 0. The summed E-state index contributed by atoms with van der Waals surface area (Å²) in [6, 6.07) is 13.0. The molecule has 0 aliphatic heterocycles. The van der Waals surface area contributed by atoms with Crippen LogP contribution in [0.3, 0.4) is 0 Å². The van der Waals surface area contributed by atoms with Crippen molar-refractivity contribution in [3.8, 4) is 5.75 Å². The second-order valence-electron chi connectivity index (χ2n) is 6.94. The molecule has 0 saturated carbocycles. The van der Waals surface area contributed by atoms with Crippen molar-refractivity contribution in [2.24, 2.45) is 11.8 Å². The Labute approximate surface area is 157 Å². The van der Waals surface area contributed by atoms with Crippen molar-refractivity contribution >= 4 is 22.5 Å². The van der Waals surface area contributed by atoms with Crippen LogP contribution in [-0.4, -0.2) is 12.4 Å². The maximum atomic E-state index is 5.99. The molecule has 0 saturated heterocycles. The third-order valence-electron chi connectivity index (χ3n) is 4.70. The molecule has 2 rings (SSSR count). The van der Waals surface area contributed by atoms with Crippen molar-refractivity contribution in [2.75, 3.05) is 12.4 Å². The lowest BCUT2D eigenvalue weighted by Crippen LogP contribution is -2.05. The molecule has 136 valence electrons. The fourth-order valence-corrected chi connectivity index (χ4v) is 4.08. The van der Waals surface area contributed by atoms with Crippen LogP contribution in [0.1, 0.15) is 46.5 Å². The van der Waals surface area contributed by atoms with Gasteiger partial charge in [0, 0.05) is 10.3 Å². The lowest BCUT2D eigenvalue weighted by atomic mass is 9.92. The molecular weight excluding hydrogens is 324 g/mol. The molecule has 25 heavy (non-hydrogen) atoms. The van der Waals surface area contributed by atoms with Gasteiger partial charge in [-0.15, -0.1) is 18.3 Å². The largest absolute Gasteiger partial charge is 0.493 e. The monoisotopic (exact) mass is 356 g/mol. The molecule has 0 N–H and O–H groups in total. The Hall–Kier alpha value is -1.41. The second kappa shape index (κ2) is 10.6. The molecule has 2 aromatic carbocycles. The van der Waals surface area contributed by atoms with Gasteiger partial charge < -0.3 is 4.74 Å². The Morgan fingerprint density at radius 1 is 1.08 bits per heavy atom. The van der Waals surface area contributed by atoms with E-state index in [0.717, 1.165) is 31.0 Å². The van der Waals surface area contributed by atoms with Crippen molar-refractivity contribution in [3.05, 3.63) is 49.1 Å². The molecule has 0 spiro atoms. The summed E-state index contributed by atoms with van der Waals surface area (Å²) in [5.74, 6) is 3.48. The predicted octanol–water partition coefficient (Wildman–Crippen LogP) is 7.35. The first-order valence-electron chi connectivity index (χ1n) is 9.57. The predicted molar refractivity (Wildman–Crippen MR) is 113 cm³/mol. The van der Waals surface area contributed by atoms with Crippen LogP contribution >= 0.6 is 11.8 Å². The van der Waals surface area contributed by atoms with Gasteiger partial charge in [0.2, 0.25) is 0 Å². The van der Waals surface area contributed by atoms with Crippen LogP contribution in [0.4, 0.5) is 0 Å². The highest BCUT2D eigenvalue weighted by atomic mass is 32.2. The van der Waals surface area contributed by atoms with Gasteiger partial charge in [-0.1, -0.05) is 57.5 Å². The van der Waals surface area contributed by atoms with E-state index in [1.54, 1.807) is 0 Å². The van der Waals surface area contributed by atoms with Crippen molar-refractivity contribution < 1.29 is 4.74 Å². The molecule has 0 radical (unpaired) electrons. The number of fused-ring (bicyclic) bond motifs is 1. The molecule has 0 aliphatic rings. The summed E-state index contributed by atoms with van der Waals surface area (Å²) < 4.78 is 5.99. The molecule has 2 aromatic rings. The van der Waals surface area contributed by atoms with Gasteiger partial charge in [-0.05, 0) is 54.4 Å². The van der Waals surface area contributed by atoms with Gasteiger partial charge >= 0.3 is 0 Å². The SMILES string of the molecule is C=CC(CCCSc1ccc(OCCCC)c2ccccc12)C(C)C. The molecule has 2 heteroatoms. The minimum absolute atomic E-state index is 0.631. The van der Waals surface area contributed by atoms with Crippen LogP contribution < -0.4 is 4.74 Å². The third kappa shape index (κ3) is 5.81. The van der Waals surface area contributed by atoms with Crippen LogP contribution in [0, 0.1) is 11.8 Å². The highest BCUT2D eigenvalue weighted by Gasteiger charge is 2.10. The quantitative estimate of drug-likeness (QED) is 0.236. The van der Waals surface area contributed by atoms with E-state index >= 15 is 0 Å². The number of thioether (sulfide) groups is 1. The number of allylic oxidation sites excluding steroid dienone is 1. The van der Waals surface area contributed by atoms with E-state index in [0.29, 0.717) is 11.8 Å². The maximum absolute atomic E-state index is 5.99. The van der Waals surface area contributed by atoms with E-state index < -0.39 is 0 Å². The average molecular weight is 357 g/mol. The molecular formula is C23H32OS. The first kappa shape index (κ1) is 19.9. The summed E-state index contributed by atoms with van der Waals surface area (Å²) in [5, 5.41) is 2.54. The summed E-state index contributed by atoms with van der Waals surface area (Å²) >= 11 is 1.96. The minimum Gasteiger partial charge on any atom is -0.493 e. The second-order valence-corrected chi connectivity index (χ2v) is 8.08. The number of benzene rings is 2. The first-order chi connectivity index (χ1) is 12.2. The summed E-state index contributed by atoms with van der Waals surface area (Å²) in [6.45, 7) is 11.5. The van der Waals surface area contributed by atoms with Crippen LogP contribution in [-0.2, 0) is 0 Å². The van der Waals surface area contributed by atoms with E-state index in [9.17, 15) is 0 Å². The number of rotatable bonds is 11. The zero-order chi connectivity index (χ0) is 18.1. The average Bonchev–Trinajstić information content (AvgIpc) is 2.62. The Bertz CT molecular complexity index is 662. The zero-order valence-corrected chi connectivity index (χ0v) is 16.8. The minimum atomic E-state index is 0.631. The van der Waals surface area contributed by atoms with E-state index in [1.165, 1.54) is 28.5 Å². The smallest absolute Gasteiger partial charge is 0.127 e. The van der Waals surface area contributed by atoms with Crippen molar-refractivity contribution in [2.45, 2.75) is 51.3 Å². The molecule has 0 aromatic heterocycles. The number of unbranched alkanes of at least 4 members (excludes halogenated alkanes) is 1. The Balaban J connectivity index is 2.01. The lowest BCUT2D eigenvalue weighted by molar-refractivity contribution is 0.313. The van der Waals surface area contributed by atoms with Crippen LogP contribution in [0.25, 0.3) is 10.8 Å².